The first-order valence-corrected chi connectivity index (χ1v) is 11.8. The summed E-state index contributed by atoms with van der Waals surface area (Å²) in [6.07, 6.45) is 5.60. The van der Waals surface area contributed by atoms with E-state index in [1.165, 1.54) is 16.4 Å². The molecule has 1 aliphatic heterocycles. The highest BCUT2D eigenvalue weighted by Gasteiger charge is 2.56. The molecule has 3 heterocycles. The summed E-state index contributed by atoms with van der Waals surface area (Å²) < 4.78 is 42.9. The summed E-state index contributed by atoms with van der Waals surface area (Å²) in [4.78, 5) is 14.0. The van der Waals surface area contributed by atoms with Gasteiger partial charge in [0.2, 0.25) is 0 Å². The molecule has 3 aromatic rings. The second kappa shape index (κ2) is 7.54. The van der Waals surface area contributed by atoms with Gasteiger partial charge in [-0.1, -0.05) is 12.1 Å². The molecule has 5 rings (SSSR count). The first-order valence-electron chi connectivity index (χ1n) is 10.4. The summed E-state index contributed by atoms with van der Waals surface area (Å²) in [7, 11) is -1.98. The number of rotatable bonds is 6. The Kier molecular flexibility index (Phi) is 4.95. The third-order valence-electron chi connectivity index (χ3n) is 6.35. The number of aromatic nitrogens is 3. The minimum Gasteiger partial charge on any atom is -0.353 e. The normalized spacial score (nSPS) is 18.9. The first kappa shape index (κ1) is 20.3. The topological polar surface area (TPSA) is 85.4 Å². The van der Waals surface area contributed by atoms with E-state index >= 15 is 0 Å². The van der Waals surface area contributed by atoms with Crippen LogP contribution < -0.4 is 4.90 Å². The number of anilines is 1. The largest absolute Gasteiger partial charge is 0.353 e. The number of nitrogens with zero attached hydrogens (tertiary/aromatic N) is 5. The van der Waals surface area contributed by atoms with Crippen molar-refractivity contribution in [3.05, 3.63) is 54.2 Å². The first-order chi connectivity index (χ1) is 14.9. The van der Waals surface area contributed by atoms with Gasteiger partial charge in [-0.25, -0.2) is 14.4 Å². The van der Waals surface area contributed by atoms with E-state index in [1.54, 1.807) is 29.8 Å². The van der Waals surface area contributed by atoms with Gasteiger partial charge >= 0.3 is 0 Å². The van der Waals surface area contributed by atoms with Crippen molar-refractivity contribution >= 4 is 27.1 Å². The van der Waals surface area contributed by atoms with Crippen LogP contribution in [0.4, 0.5) is 10.2 Å². The molecular weight excluding hydrogens is 419 g/mol. The lowest BCUT2D eigenvalue weighted by atomic mass is 10.1. The summed E-state index contributed by atoms with van der Waals surface area (Å²) in [5.41, 5.74) is 1.31. The van der Waals surface area contributed by atoms with E-state index in [2.05, 4.69) is 19.9 Å². The van der Waals surface area contributed by atoms with Crippen LogP contribution in [0.15, 0.2) is 42.9 Å². The maximum Gasteiger partial charge on any atom is 0.282 e. The zero-order valence-electron chi connectivity index (χ0n) is 17.3. The quantitative estimate of drug-likeness (QED) is 0.630. The monoisotopic (exact) mass is 444 g/mol. The molecule has 2 aliphatic rings. The van der Waals surface area contributed by atoms with Crippen LogP contribution in [-0.2, 0) is 16.6 Å². The fourth-order valence-corrected chi connectivity index (χ4v) is 6.09. The van der Waals surface area contributed by atoms with E-state index in [0.29, 0.717) is 32.6 Å². The summed E-state index contributed by atoms with van der Waals surface area (Å²) in [5.74, 6) is 0.554. The van der Waals surface area contributed by atoms with Crippen molar-refractivity contribution in [3.8, 4) is 0 Å². The van der Waals surface area contributed by atoms with Crippen LogP contribution in [-0.4, -0.2) is 70.7 Å². The van der Waals surface area contributed by atoms with Gasteiger partial charge < -0.3 is 9.88 Å². The van der Waals surface area contributed by atoms with Crippen molar-refractivity contribution in [2.45, 2.75) is 24.8 Å². The Bertz CT molecular complexity index is 1190. The molecule has 31 heavy (non-hydrogen) atoms. The van der Waals surface area contributed by atoms with Gasteiger partial charge in [-0.3, -0.25) is 0 Å². The molecule has 2 fully saturated rings. The number of hydrogen-bond acceptors (Lipinski definition) is 5. The summed E-state index contributed by atoms with van der Waals surface area (Å²) in [6, 6.07) is 8.14. The van der Waals surface area contributed by atoms with Crippen LogP contribution in [0.3, 0.4) is 0 Å². The highest BCUT2D eigenvalue weighted by Crippen LogP contribution is 2.47. The van der Waals surface area contributed by atoms with Crippen molar-refractivity contribution in [1.82, 2.24) is 23.6 Å². The van der Waals surface area contributed by atoms with Gasteiger partial charge in [-0.2, -0.15) is 17.0 Å². The Morgan fingerprint density at radius 2 is 1.94 bits per heavy atom. The van der Waals surface area contributed by atoms with E-state index in [1.807, 2.05) is 12.3 Å². The van der Waals surface area contributed by atoms with Crippen LogP contribution in [0, 0.1) is 5.82 Å². The molecule has 1 spiro atoms. The summed E-state index contributed by atoms with van der Waals surface area (Å²) >= 11 is 0. The van der Waals surface area contributed by atoms with Crippen LogP contribution in [0.25, 0.3) is 11.0 Å². The van der Waals surface area contributed by atoms with Crippen molar-refractivity contribution in [3.63, 3.8) is 0 Å². The van der Waals surface area contributed by atoms with Crippen molar-refractivity contribution < 1.29 is 12.8 Å². The molecule has 0 bridgehead atoms. The van der Waals surface area contributed by atoms with E-state index < -0.39 is 10.2 Å². The maximum atomic E-state index is 13.4. The lowest BCUT2D eigenvalue weighted by Crippen LogP contribution is -2.59. The Hall–Kier alpha value is -2.56. The SMILES string of the molecule is CN(CCc1ccc(F)cc1)S(=O)(=O)N1CCN(c2ncnc3[nH]ccc23)CC12CC2. The molecule has 0 radical (unpaired) electrons. The number of piperazine rings is 1. The van der Waals surface area contributed by atoms with Crippen LogP contribution in [0.1, 0.15) is 18.4 Å². The predicted molar refractivity (Wildman–Crippen MR) is 116 cm³/mol. The molecule has 2 aromatic heterocycles. The molecule has 1 aromatic carbocycles. The van der Waals surface area contributed by atoms with Gasteiger partial charge in [0.25, 0.3) is 10.2 Å². The molecule has 1 saturated heterocycles. The third kappa shape index (κ3) is 3.68. The molecule has 1 saturated carbocycles. The van der Waals surface area contributed by atoms with Gasteiger partial charge in [-0.15, -0.1) is 0 Å². The summed E-state index contributed by atoms with van der Waals surface area (Å²) in [5, 5.41) is 0.950. The molecule has 0 amide bonds. The zero-order valence-corrected chi connectivity index (χ0v) is 18.1. The highest BCUT2D eigenvalue weighted by molar-refractivity contribution is 7.86. The smallest absolute Gasteiger partial charge is 0.282 e. The molecule has 1 aliphatic carbocycles. The van der Waals surface area contributed by atoms with Gasteiger partial charge in [0.05, 0.1) is 10.9 Å². The van der Waals surface area contributed by atoms with Crippen molar-refractivity contribution in [2.75, 3.05) is 38.1 Å². The lowest BCUT2D eigenvalue weighted by Gasteiger charge is -2.43. The zero-order chi connectivity index (χ0) is 21.6. The average Bonchev–Trinajstić information content (AvgIpc) is 3.33. The molecular formula is C21H25FN6O2S. The van der Waals surface area contributed by atoms with Crippen LogP contribution in [0.5, 0.6) is 0 Å². The fraction of sp³-hybridized carbons (Fsp3) is 0.429. The lowest BCUT2D eigenvalue weighted by molar-refractivity contribution is 0.251. The Labute approximate surface area is 180 Å². The number of benzene rings is 1. The molecule has 0 atom stereocenters. The number of hydrogen-bond donors (Lipinski definition) is 1. The van der Waals surface area contributed by atoms with Gasteiger partial charge in [-0.05, 0) is 43.0 Å². The van der Waals surface area contributed by atoms with Crippen LogP contribution in [0.2, 0.25) is 0 Å². The molecule has 8 nitrogen and oxygen atoms in total. The number of nitrogens with one attached hydrogen (secondary N) is 1. The van der Waals surface area contributed by atoms with E-state index in [0.717, 1.165) is 35.3 Å². The minimum atomic E-state index is -3.60. The summed E-state index contributed by atoms with van der Waals surface area (Å²) in [6.45, 7) is 1.96. The second-order valence-electron chi connectivity index (χ2n) is 8.36. The number of halogens is 1. The number of fused-ring (bicyclic) bond motifs is 1. The molecule has 1 N–H and O–H groups in total. The van der Waals surface area contributed by atoms with Crippen molar-refractivity contribution in [1.29, 1.82) is 0 Å². The van der Waals surface area contributed by atoms with E-state index in [-0.39, 0.29) is 11.4 Å². The third-order valence-corrected chi connectivity index (χ3v) is 8.45. The van der Waals surface area contributed by atoms with E-state index in [9.17, 15) is 12.8 Å². The van der Waals surface area contributed by atoms with Gasteiger partial charge in [0.1, 0.15) is 23.6 Å². The number of H-pyrrole nitrogens is 1. The standard InChI is InChI=1S/C21H25FN6O2S/c1-26(11-7-16-2-4-17(22)5-3-16)31(29,30)28-13-12-27(14-21(28)8-9-21)20-18-6-10-23-19(18)24-15-25-20/h2-6,10,15H,7-9,11-14H2,1H3,(H,23,24,25). The number of likely N-dealkylation sites (N-methyl/N-ethyl adjacent to an activating group) is 1. The highest BCUT2D eigenvalue weighted by atomic mass is 32.2. The average molecular weight is 445 g/mol. The van der Waals surface area contributed by atoms with Crippen molar-refractivity contribution in [2.24, 2.45) is 0 Å². The number of aromatic amines is 1. The maximum absolute atomic E-state index is 13.4. The van der Waals surface area contributed by atoms with Gasteiger partial charge in [0, 0.05) is 39.4 Å². The Balaban J connectivity index is 1.31. The van der Waals surface area contributed by atoms with Gasteiger partial charge in [0.15, 0.2) is 0 Å². The van der Waals surface area contributed by atoms with E-state index in [4.69, 9.17) is 0 Å². The molecule has 10 heteroatoms. The Morgan fingerprint density at radius 3 is 2.68 bits per heavy atom. The molecule has 164 valence electrons. The fourth-order valence-electron chi connectivity index (χ4n) is 4.39. The Morgan fingerprint density at radius 1 is 1.16 bits per heavy atom. The minimum absolute atomic E-state index is 0.293. The predicted octanol–water partition coefficient (Wildman–Crippen LogP) is 2.17. The van der Waals surface area contributed by atoms with Crippen LogP contribution >= 0.6 is 0 Å². The second-order valence-corrected chi connectivity index (χ2v) is 10.3. The molecule has 0 unspecified atom stereocenters.